The van der Waals surface area contributed by atoms with Crippen molar-refractivity contribution in [3.63, 3.8) is 0 Å². The summed E-state index contributed by atoms with van der Waals surface area (Å²) in [6, 6.07) is 0. The van der Waals surface area contributed by atoms with Gasteiger partial charge in [-0.05, 0) is 0 Å². The molecule has 1 aliphatic heterocycles. The monoisotopic (exact) mass is 119 g/mol. The predicted octanol–water partition coefficient (Wildman–Crippen LogP) is 0.0382. The number of nitrogens with zero attached hydrogens (tertiary/aromatic N) is 1. The van der Waals surface area contributed by atoms with E-state index in [0.29, 0.717) is 13.2 Å². The molecule has 1 rings (SSSR count). The van der Waals surface area contributed by atoms with E-state index >= 15 is 0 Å². The van der Waals surface area contributed by atoms with Gasteiger partial charge in [0, 0.05) is 0 Å². The Bertz CT molecular complexity index is 71.3. The second-order valence-electron chi connectivity index (χ2n) is 1.14. The maximum Gasteiger partial charge on any atom is 0.221 e. The second-order valence-corrected chi connectivity index (χ2v) is 2.00. The maximum absolute atomic E-state index is 9.83. The van der Waals surface area contributed by atoms with Crippen molar-refractivity contribution in [1.29, 1.82) is 0 Å². The van der Waals surface area contributed by atoms with Gasteiger partial charge in [-0.25, -0.2) is 0 Å². The molecule has 0 radical (unpaired) electrons. The highest BCUT2D eigenvalue weighted by atomic mass is 32.2. The summed E-state index contributed by atoms with van der Waals surface area (Å²) in [4.78, 5) is 9.83. The van der Waals surface area contributed by atoms with Gasteiger partial charge in [0.25, 0.3) is 0 Å². The van der Waals surface area contributed by atoms with Crippen molar-refractivity contribution in [1.82, 2.24) is 4.31 Å². The number of carbonyl (C=O) groups is 1. The van der Waals surface area contributed by atoms with E-state index < -0.39 is 0 Å². The van der Waals surface area contributed by atoms with E-state index in [4.69, 9.17) is 4.18 Å². The van der Waals surface area contributed by atoms with Gasteiger partial charge in [-0.15, -0.1) is 0 Å². The zero-order chi connectivity index (χ0) is 5.11. The molecule has 1 aliphatic rings. The van der Waals surface area contributed by atoms with Crippen LogP contribution >= 0.6 is 12.2 Å². The Morgan fingerprint density at radius 1 is 1.86 bits per heavy atom. The molecule has 0 bridgehead atoms. The molecule has 7 heavy (non-hydrogen) atoms. The van der Waals surface area contributed by atoms with Crippen LogP contribution in [-0.2, 0) is 8.98 Å². The highest BCUT2D eigenvalue weighted by Crippen LogP contribution is 2.14. The molecular weight excluding hydrogens is 114 g/mol. The van der Waals surface area contributed by atoms with Gasteiger partial charge in [0.15, 0.2) is 0 Å². The Labute approximate surface area is 46.0 Å². The lowest BCUT2D eigenvalue weighted by atomic mass is 10.7. The number of carbonyl (C=O) groups excluding carboxylic acids is 1. The van der Waals surface area contributed by atoms with Crippen molar-refractivity contribution in [3.8, 4) is 0 Å². The summed E-state index contributed by atoms with van der Waals surface area (Å²) in [6.45, 7) is 1.37. The summed E-state index contributed by atoms with van der Waals surface area (Å²) < 4.78 is 6.26. The van der Waals surface area contributed by atoms with Gasteiger partial charge in [-0.3, -0.25) is 13.3 Å². The van der Waals surface area contributed by atoms with E-state index in [-0.39, 0.29) is 0 Å². The van der Waals surface area contributed by atoms with Gasteiger partial charge < -0.3 is 0 Å². The number of hydrogen-bond acceptors (Lipinski definition) is 3. The lowest BCUT2D eigenvalue weighted by molar-refractivity contribution is -0.113. The van der Waals surface area contributed by atoms with Gasteiger partial charge in [0.2, 0.25) is 6.41 Å². The largest absolute Gasteiger partial charge is 0.295 e. The standard InChI is InChI=1S/C3H5NO2S/c5-3-4-1-2-6-7-4/h3H,1-2H2. The van der Waals surface area contributed by atoms with Gasteiger partial charge in [-0.2, -0.15) is 0 Å². The Morgan fingerprint density at radius 3 is 3.00 bits per heavy atom. The van der Waals surface area contributed by atoms with Crippen LogP contribution in [0, 0.1) is 0 Å². The van der Waals surface area contributed by atoms with Crippen molar-refractivity contribution in [3.05, 3.63) is 0 Å². The maximum atomic E-state index is 9.83. The molecule has 3 nitrogen and oxygen atoms in total. The fourth-order valence-electron chi connectivity index (χ4n) is 0.340. The average Bonchev–Trinajstić information content (AvgIpc) is 2.14. The van der Waals surface area contributed by atoms with E-state index in [9.17, 15) is 4.79 Å². The Kier molecular flexibility index (Phi) is 1.54. The van der Waals surface area contributed by atoms with Gasteiger partial charge in [-0.1, -0.05) is 0 Å². The molecule has 0 saturated carbocycles. The average molecular weight is 119 g/mol. The first-order valence-corrected chi connectivity index (χ1v) is 2.65. The highest BCUT2D eigenvalue weighted by Gasteiger charge is 2.09. The minimum absolute atomic E-state index is 0.656. The molecule has 1 heterocycles. The minimum Gasteiger partial charge on any atom is -0.295 e. The second kappa shape index (κ2) is 2.18. The lowest BCUT2D eigenvalue weighted by Crippen LogP contribution is -2.08. The fourth-order valence-corrected chi connectivity index (χ4v) is 0.808. The summed E-state index contributed by atoms with van der Waals surface area (Å²) in [7, 11) is 0. The van der Waals surface area contributed by atoms with Crippen LogP contribution in [0.4, 0.5) is 0 Å². The number of hydrogen-bond donors (Lipinski definition) is 0. The van der Waals surface area contributed by atoms with Crippen LogP contribution in [0.15, 0.2) is 0 Å². The van der Waals surface area contributed by atoms with Gasteiger partial charge >= 0.3 is 0 Å². The SMILES string of the molecule is O=CN1CCOS1. The van der Waals surface area contributed by atoms with E-state index in [1.54, 1.807) is 0 Å². The summed E-state index contributed by atoms with van der Waals surface area (Å²) in [5, 5.41) is 0. The quantitative estimate of drug-likeness (QED) is 0.277. The van der Waals surface area contributed by atoms with Crippen LogP contribution < -0.4 is 0 Å². The molecule has 40 valence electrons. The minimum atomic E-state index is 0.656. The third-order valence-corrected chi connectivity index (χ3v) is 1.39. The lowest BCUT2D eigenvalue weighted by Gasteiger charge is -1.97. The summed E-state index contributed by atoms with van der Waals surface area (Å²) in [5.74, 6) is 0. The van der Waals surface area contributed by atoms with E-state index in [1.807, 2.05) is 0 Å². The molecule has 1 saturated heterocycles. The highest BCUT2D eigenvalue weighted by molar-refractivity contribution is 7.92. The van der Waals surface area contributed by atoms with E-state index in [2.05, 4.69) is 0 Å². The van der Waals surface area contributed by atoms with Crippen LogP contribution in [0.1, 0.15) is 0 Å². The van der Waals surface area contributed by atoms with Crippen molar-refractivity contribution < 1.29 is 8.98 Å². The number of rotatable bonds is 1. The first-order chi connectivity index (χ1) is 3.43. The molecule has 0 aromatic carbocycles. The van der Waals surface area contributed by atoms with Crippen LogP contribution in [0.5, 0.6) is 0 Å². The summed E-state index contributed by atoms with van der Waals surface area (Å²) in [6.07, 6.45) is 0.762. The molecule has 0 aromatic rings. The topological polar surface area (TPSA) is 29.5 Å². The molecule has 4 heteroatoms. The molecule has 0 N–H and O–H groups in total. The van der Waals surface area contributed by atoms with Crippen molar-refractivity contribution in [2.75, 3.05) is 13.2 Å². The molecule has 0 spiro atoms. The van der Waals surface area contributed by atoms with Crippen LogP contribution in [0.3, 0.4) is 0 Å². The normalized spacial score (nSPS) is 20.3. The number of amides is 1. The van der Waals surface area contributed by atoms with Gasteiger partial charge in [0.05, 0.1) is 13.2 Å². The fraction of sp³-hybridized carbons (Fsp3) is 0.667. The smallest absolute Gasteiger partial charge is 0.221 e. The first kappa shape index (κ1) is 4.93. The Balaban J connectivity index is 2.26. The molecular formula is C3H5NO2S. The summed E-state index contributed by atoms with van der Waals surface area (Å²) in [5.41, 5.74) is 0. The zero-order valence-electron chi connectivity index (χ0n) is 3.66. The molecule has 0 atom stereocenters. The molecule has 1 fully saturated rings. The third kappa shape index (κ3) is 1.07. The van der Waals surface area contributed by atoms with E-state index in [0.717, 1.165) is 18.6 Å². The van der Waals surface area contributed by atoms with E-state index in [1.165, 1.54) is 4.31 Å². The van der Waals surface area contributed by atoms with Crippen molar-refractivity contribution >= 4 is 18.6 Å². The van der Waals surface area contributed by atoms with Crippen LogP contribution in [0.2, 0.25) is 0 Å². The Hall–Kier alpha value is -0.220. The molecule has 0 aromatic heterocycles. The predicted molar refractivity (Wildman–Crippen MR) is 26.3 cm³/mol. The molecule has 0 aliphatic carbocycles. The van der Waals surface area contributed by atoms with Crippen molar-refractivity contribution in [2.24, 2.45) is 0 Å². The van der Waals surface area contributed by atoms with Crippen molar-refractivity contribution in [2.45, 2.75) is 0 Å². The third-order valence-electron chi connectivity index (χ3n) is 0.661. The Morgan fingerprint density at radius 2 is 2.71 bits per heavy atom. The van der Waals surface area contributed by atoms with Gasteiger partial charge in [0.1, 0.15) is 12.2 Å². The first-order valence-electron chi connectivity index (χ1n) is 1.95. The van der Waals surface area contributed by atoms with Crippen LogP contribution in [-0.4, -0.2) is 23.9 Å². The summed E-state index contributed by atoms with van der Waals surface area (Å²) >= 11 is 1.11. The molecule has 0 unspecified atom stereocenters. The zero-order valence-corrected chi connectivity index (χ0v) is 4.48. The molecule has 1 amide bonds. The van der Waals surface area contributed by atoms with Crippen LogP contribution in [0.25, 0.3) is 0 Å².